The molecule has 0 fully saturated rings. The first-order valence-corrected chi connectivity index (χ1v) is 11.8. The fourth-order valence-corrected chi connectivity index (χ4v) is 4.83. The molecule has 2 atom stereocenters. The maximum absolute atomic E-state index is 10.9. The molecule has 1 heterocycles. The number of benzene rings is 3. The first-order chi connectivity index (χ1) is 16.9. The van der Waals surface area contributed by atoms with Gasteiger partial charge in [0, 0.05) is 42.8 Å². The van der Waals surface area contributed by atoms with E-state index < -0.39 is 5.97 Å². The standard InChI is InChI=1S/C30H31N3O2/c1-20-4-12-27(13-5-20)33-21(2)16-25-17-24(26(18-31)19-32-3)11-14-28(25)30(33)23-9-6-22(7-10-23)8-15-29(34)35/h4-15,17-19,21,30-32H,16H2,1-3H3,(H,34,35)/b15-8+,26-19+,31-18?/t21-,30?/m1/s1. The zero-order valence-electron chi connectivity index (χ0n) is 20.3. The molecule has 0 saturated carbocycles. The first kappa shape index (κ1) is 24.0. The highest BCUT2D eigenvalue weighted by molar-refractivity contribution is 6.08. The Kier molecular flexibility index (Phi) is 7.16. The Morgan fingerprint density at radius 3 is 2.43 bits per heavy atom. The lowest BCUT2D eigenvalue weighted by Gasteiger charge is -2.44. The van der Waals surface area contributed by atoms with Gasteiger partial charge in [0.25, 0.3) is 0 Å². The molecule has 3 aromatic rings. The number of aliphatic carboxylic acids is 1. The number of fused-ring (bicyclic) bond motifs is 1. The molecule has 3 aromatic carbocycles. The van der Waals surface area contributed by atoms with Crippen molar-refractivity contribution in [2.75, 3.05) is 11.9 Å². The summed E-state index contributed by atoms with van der Waals surface area (Å²) in [7, 11) is 1.84. The normalized spacial score (nSPS) is 17.8. The third-order valence-electron chi connectivity index (χ3n) is 6.50. The van der Waals surface area contributed by atoms with Crippen molar-refractivity contribution in [2.45, 2.75) is 32.4 Å². The molecule has 4 rings (SSSR count). The summed E-state index contributed by atoms with van der Waals surface area (Å²) in [6, 6.07) is 23.6. The van der Waals surface area contributed by atoms with Gasteiger partial charge in [-0.15, -0.1) is 0 Å². The quantitative estimate of drug-likeness (QED) is 0.302. The Balaban J connectivity index is 1.83. The zero-order chi connectivity index (χ0) is 24.9. The summed E-state index contributed by atoms with van der Waals surface area (Å²) in [6.07, 6.45) is 6.90. The van der Waals surface area contributed by atoms with Crippen molar-refractivity contribution < 1.29 is 9.90 Å². The molecule has 1 aliphatic heterocycles. The van der Waals surface area contributed by atoms with Crippen LogP contribution >= 0.6 is 0 Å². The van der Waals surface area contributed by atoms with Crippen LogP contribution in [0.5, 0.6) is 0 Å². The van der Waals surface area contributed by atoms with E-state index in [1.54, 1.807) is 6.08 Å². The predicted octanol–water partition coefficient (Wildman–Crippen LogP) is 5.84. The highest BCUT2D eigenvalue weighted by Crippen LogP contribution is 2.41. The maximum Gasteiger partial charge on any atom is 0.328 e. The largest absolute Gasteiger partial charge is 0.478 e. The van der Waals surface area contributed by atoms with Crippen molar-refractivity contribution in [1.29, 1.82) is 5.41 Å². The van der Waals surface area contributed by atoms with Crippen molar-refractivity contribution in [3.63, 3.8) is 0 Å². The smallest absolute Gasteiger partial charge is 0.328 e. The van der Waals surface area contributed by atoms with Gasteiger partial charge in [-0.1, -0.05) is 60.2 Å². The van der Waals surface area contributed by atoms with E-state index in [0.717, 1.165) is 34.8 Å². The van der Waals surface area contributed by atoms with E-state index in [2.05, 4.69) is 78.7 Å². The number of carboxylic acid groups (broad SMARTS) is 1. The van der Waals surface area contributed by atoms with E-state index in [1.807, 2.05) is 25.4 Å². The number of rotatable bonds is 7. The molecular weight excluding hydrogens is 434 g/mol. The Labute approximate surface area is 206 Å². The molecule has 1 unspecified atom stereocenters. The van der Waals surface area contributed by atoms with Gasteiger partial charge in [0.15, 0.2) is 0 Å². The van der Waals surface area contributed by atoms with Crippen LogP contribution in [0.15, 0.2) is 79.0 Å². The van der Waals surface area contributed by atoms with Crippen molar-refractivity contribution in [2.24, 2.45) is 0 Å². The van der Waals surface area contributed by atoms with E-state index in [0.29, 0.717) is 0 Å². The number of anilines is 1. The third-order valence-corrected chi connectivity index (χ3v) is 6.50. The van der Waals surface area contributed by atoms with Gasteiger partial charge in [0.1, 0.15) is 0 Å². The summed E-state index contributed by atoms with van der Waals surface area (Å²) < 4.78 is 0. The number of carbonyl (C=O) groups is 1. The highest BCUT2D eigenvalue weighted by Gasteiger charge is 2.33. The van der Waals surface area contributed by atoms with Crippen LogP contribution < -0.4 is 10.2 Å². The first-order valence-electron chi connectivity index (χ1n) is 11.8. The number of aryl methyl sites for hydroxylation is 1. The molecule has 0 aliphatic carbocycles. The molecule has 1 aliphatic rings. The fourth-order valence-electron chi connectivity index (χ4n) is 4.83. The molecular formula is C30H31N3O2. The number of carboxylic acids is 1. The van der Waals surface area contributed by atoms with Gasteiger partial charge in [-0.25, -0.2) is 4.79 Å². The van der Waals surface area contributed by atoms with E-state index in [-0.39, 0.29) is 12.1 Å². The SMILES string of the molecule is CN/C=C(\C=N)c1ccc2c(c1)C[C@@H](C)N(c1ccc(C)cc1)C2c1ccc(/C=C/C(=O)O)cc1. The van der Waals surface area contributed by atoms with Gasteiger partial charge >= 0.3 is 5.97 Å². The van der Waals surface area contributed by atoms with E-state index in [9.17, 15) is 4.79 Å². The lowest BCUT2D eigenvalue weighted by atomic mass is 9.83. The van der Waals surface area contributed by atoms with Crippen LogP contribution in [0.3, 0.4) is 0 Å². The molecule has 3 N–H and O–H groups in total. The summed E-state index contributed by atoms with van der Waals surface area (Å²) in [4.78, 5) is 13.4. The van der Waals surface area contributed by atoms with Crippen molar-refractivity contribution in [3.05, 3.63) is 112 Å². The minimum absolute atomic E-state index is 0.0136. The molecule has 5 heteroatoms. The minimum Gasteiger partial charge on any atom is -0.478 e. The van der Waals surface area contributed by atoms with Crippen LogP contribution in [0.1, 0.15) is 46.3 Å². The van der Waals surface area contributed by atoms with Crippen LogP contribution in [0, 0.1) is 12.3 Å². The van der Waals surface area contributed by atoms with E-state index in [4.69, 9.17) is 10.5 Å². The van der Waals surface area contributed by atoms with Crippen LogP contribution in [0.4, 0.5) is 5.69 Å². The molecule has 0 amide bonds. The van der Waals surface area contributed by atoms with Crippen LogP contribution in [0.25, 0.3) is 11.6 Å². The van der Waals surface area contributed by atoms with E-state index in [1.165, 1.54) is 28.6 Å². The van der Waals surface area contributed by atoms with E-state index >= 15 is 0 Å². The molecule has 0 saturated heterocycles. The van der Waals surface area contributed by atoms with Gasteiger partial charge in [-0.05, 0) is 66.3 Å². The Morgan fingerprint density at radius 1 is 1.09 bits per heavy atom. The van der Waals surface area contributed by atoms with Crippen LogP contribution in [0.2, 0.25) is 0 Å². The summed E-state index contributed by atoms with van der Waals surface area (Å²) in [5, 5.41) is 19.8. The van der Waals surface area contributed by atoms with Crippen molar-refractivity contribution >= 4 is 29.5 Å². The summed E-state index contributed by atoms with van der Waals surface area (Å²) in [6.45, 7) is 4.36. The Hall–Kier alpha value is -4.12. The fraction of sp³-hybridized carbons (Fsp3) is 0.200. The van der Waals surface area contributed by atoms with Crippen molar-refractivity contribution in [3.8, 4) is 0 Å². The van der Waals surface area contributed by atoms with Crippen LogP contribution in [-0.4, -0.2) is 30.4 Å². The average molecular weight is 466 g/mol. The number of allylic oxidation sites excluding steroid dienone is 1. The second-order valence-corrected chi connectivity index (χ2v) is 8.98. The average Bonchev–Trinajstić information content (AvgIpc) is 2.86. The highest BCUT2D eigenvalue weighted by atomic mass is 16.4. The lowest BCUT2D eigenvalue weighted by Crippen LogP contribution is -2.43. The molecule has 0 spiro atoms. The lowest BCUT2D eigenvalue weighted by molar-refractivity contribution is -0.131. The third kappa shape index (κ3) is 5.19. The summed E-state index contributed by atoms with van der Waals surface area (Å²) >= 11 is 0. The zero-order valence-corrected chi connectivity index (χ0v) is 20.3. The van der Waals surface area contributed by atoms with Gasteiger partial charge in [0.05, 0.1) is 6.04 Å². The second kappa shape index (κ2) is 10.4. The maximum atomic E-state index is 10.9. The molecule has 35 heavy (non-hydrogen) atoms. The van der Waals surface area contributed by atoms with Gasteiger partial charge in [-0.3, -0.25) is 0 Å². The number of nitrogens with zero attached hydrogens (tertiary/aromatic N) is 1. The Bertz CT molecular complexity index is 1270. The molecule has 5 nitrogen and oxygen atoms in total. The molecule has 0 aromatic heterocycles. The molecule has 0 bridgehead atoms. The number of hydrogen-bond donors (Lipinski definition) is 3. The monoisotopic (exact) mass is 465 g/mol. The molecule has 0 radical (unpaired) electrons. The molecule has 178 valence electrons. The van der Waals surface area contributed by atoms with Gasteiger partial charge in [-0.2, -0.15) is 0 Å². The second-order valence-electron chi connectivity index (χ2n) is 8.98. The van der Waals surface area contributed by atoms with Crippen LogP contribution in [-0.2, 0) is 11.2 Å². The summed E-state index contributed by atoms with van der Waals surface area (Å²) in [5.74, 6) is -0.956. The van der Waals surface area contributed by atoms with Gasteiger partial charge < -0.3 is 20.7 Å². The predicted molar refractivity (Wildman–Crippen MR) is 144 cm³/mol. The topological polar surface area (TPSA) is 76.4 Å². The minimum atomic E-state index is -0.956. The van der Waals surface area contributed by atoms with Gasteiger partial charge in [0.2, 0.25) is 0 Å². The number of nitrogens with one attached hydrogen (secondary N) is 2. The Morgan fingerprint density at radius 2 is 1.80 bits per heavy atom. The van der Waals surface area contributed by atoms with Crippen molar-refractivity contribution in [1.82, 2.24) is 5.32 Å². The number of hydrogen-bond acceptors (Lipinski definition) is 4. The summed E-state index contributed by atoms with van der Waals surface area (Å²) in [5.41, 5.74) is 8.80.